The van der Waals surface area contributed by atoms with E-state index in [1.807, 2.05) is 4.90 Å². The van der Waals surface area contributed by atoms with E-state index in [1.165, 1.54) is 0 Å². The molecule has 0 spiro atoms. The highest BCUT2D eigenvalue weighted by molar-refractivity contribution is 5.94. The van der Waals surface area contributed by atoms with E-state index in [9.17, 15) is 9.59 Å². The van der Waals surface area contributed by atoms with Crippen LogP contribution in [0.1, 0.15) is 30.3 Å². The maximum absolute atomic E-state index is 12.3. The molecular formula is C15H24Cl2N4O2. The van der Waals surface area contributed by atoms with Gasteiger partial charge in [0, 0.05) is 25.3 Å². The van der Waals surface area contributed by atoms with Gasteiger partial charge in [-0.3, -0.25) is 14.6 Å². The minimum atomic E-state index is -0.315. The lowest BCUT2D eigenvalue weighted by Gasteiger charge is -2.28. The standard InChI is InChI=1S/C15H22N4O2.2ClH/c1-2-9-19(12-6-8-16-10-12)14(20)11-18-15(21)13-5-3-4-7-17-13;;/h3-5,7,12,16H,2,6,8-11H2,1H3,(H,18,21);2*1H. The Labute approximate surface area is 149 Å². The van der Waals surface area contributed by atoms with Gasteiger partial charge in [0.05, 0.1) is 6.54 Å². The van der Waals surface area contributed by atoms with E-state index < -0.39 is 0 Å². The van der Waals surface area contributed by atoms with E-state index in [1.54, 1.807) is 24.4 Å². The van der Waals surface area contributed by atoms with Gasteiger partial charge in [-0.05, 0) is 31.5 Å². The molecule has 1 unspecified atom stereocenters. The highest BCUT2D eigenvalue weighted by atomic mass is 35.5. The van der Waals surface area contributed by atoms with Gasteiger partial charge >= 0.3 is 0 Å². The van der Waals surface area contributed by atoms with Gasteiger partial charge in [0.2, 0.25) is 5.91 Å². The number of pyridine rings is 1. The van der Waals surface area contributed by atoms with Crippen LogP contribution < -0.4 is 10.6 Å². The molecule has 1 saturated heterocycles. The van der Waals surface area contributed by atoms with Gasteiger partial charge in [-0.15, -0.1) is 24.8 Å². The van der Waals surface area contributed by atoms with Crippen LogP contribution in [0.3, 0.4) is 0 Å². The van der Waals surface area contributed by atoms with Gasteiger partial charge in [0.15, 0.2) is 0 Å². The summed E-state index contributed by atoms with van der Waals surface area (Å²) in [5, 5.41) is 5.91. The Hall–Kier alpha value is -1.37. The maximum atomic E-state index is 12.3. The number of carbonyl (C=O) groups is 2. The Bertz CT molecular complexity index is 482. The minimum absolute atomic E-state index is 0. The van der Waals surface area contributed by atoms with Gasteiger partial charge < -0.3 is 15.5 Å². The number of nitrogens with one attached hydrogen (secondary N) is 2. The summed E-state index contributed by atoms with van der Waals surface area (Å²) in [6, 6.07) is 5.36. The molecule has 0 aromatic carbocycles. The molecule has 1 atom stereocenters. The van der Waals surface area contributed by atoms with E-state index >= 15 is 0 Å². The Morgan fingerprint density at radius 1 is 1.39 bits per heavy atom. The first-order valence-electron chi connectivity index (χ1n) is 7.41. The molecule has 0 aliphatic carbocycles. The number of carbonyl (C=O) groups excluding carboxylic acids is 2. The molecule has 1 aromatic heterocycles. The van der Waals surface area contributed by atoms with Crippen LogP contribution in [-0.2, 0) is 4.79 Å². The van der Waals surface area contributed by atoms with Crippen LogP contribution >= 0.6 is 24.8 Å². The minimum Gasteiger partial charge on any atom is -0.342 e. The first kappa shape index (κ1) is 21.6. The van der Waals surface area contributed by atoms with E-state index in [4.69, 9.17) is 0 Å². The van der Waals surface area contributed by atoms with E-state index in [-0.39, 0.29) is 49.2 Å². The van der Waals surface area contributed by atoms with Crippen LogP contribution in [0.4, 0.5) is 0 Å². The van der Waals surface area contributed by atoms with Gasteiger partial charge in [-0.2, -0.15) is 0 Å². The highest BCUT2D eigenvalue weighted by Crippen LogP contribution is 2.09. The van der Waals surface area contributed by atoms with Crippen LogP contribution in [0, 0.1) is 0 Å². The summed E-state index contributed by atoms with van der Waals surface area (Å²) in [5.41, 5.74) is 0.329. The van der Waals surface area contributed by atoms with E-state index in [2.05, 4.69) is 22.5 Å². The topological polar surface area (TPSA) is 74.3 Å². The highest BCUT2D eigenvalue weighted by Gasteiger charge is 2.25. The van der Waals surface area contributed by atoms with Crippen molar-refractivity contribution in [3.8, 4) is 0 Å². The lowest BCUT2D eigenvalue weighted by Crippen LogP contribution is -2.46. The molecule has 2 N–H and O–H groups in total. The largest absolute Gasteiger partial charge is 0.342 e. The number of halogens is 2. The average Bonchev–Trinajstić information content (AvgIpc) is 3.04. The molecule has 2 rings (SSSR count). The fraction of sp³-hybridized carbons (Fsp3) is 0.533. The Balaban J connectivity index is 0.00000242. The third-order valence-electron chi connectivity index (χ3n) is 3.56. The summed E-state index contributed by atoms with van der Waals surface area (Å²) in [4.78, 5) is 30.1. The molecule has 1 aromatic rings. The van der Waals surface area contributed by atoms with Crippen molar-refractivity contribution in [2.75, 3.05) is 26.2 Å². The number of hydrogen-bond acceptors (Lipinski definition) is 4. The second-order valence-corrected chi connectivity index (χ2v) is 5.13. The summed E-state index contributed by atoms with van der Waals surface area (Å²) in [6.45, 7) is 4.57. The van der Waals surface area contributed by atoms with Crippen LogP contribution in [0.15, 0.2) is 24.4 Å². The molecule has 0 radical (unpaired) electrons. The predicted molar refractivity (Wildman–Crippen MR) is 94.3 cm³/mol. The summed E-state index contributed by atoms with van der Waals surface area (Å²) in [6.07, 6.45) is 3.45. The Kier molecular flexibility index (Phi) is 10.5. The van der Waals surface area contributed by atoms with Crippen LogP contribution in [0.25, 0.3) is 0 Å². The number of aromatic nitrogens is 1. The van der Waals surface area contributed by atoms with Gasteiger partial charge in [-0.1, -0.05) is 13.0 Å². The van der Waals surface area contributed by atoms with Gasteiger partial charge in [0.25, 0.3) is 5.91 Å². The van der Waals surface area contributed by atoms with E-state index in [0.717, 1.165) is 32.5 Å². The molecule has 23 heavy (non-hydrogen) atoms. The quantitative estimate of drug-likeness (QED) is 0.798. The second-order valence-electron chi connectivity index (χ2n) is 5.13. The Morgan fingerprint density at radius 3 is 2.74 bits per heavy atom. The normalized spacial score (nSPS) is 16.0. The summed E-state index contributed by atoms with van der Waals surface area (Å²) >= 11 is 0. The monoisotopic (exact) mass is 362 g/mol. The molecule has 8 heteroatoms. The van der Waals surface area contributed by atoms with Crippen molar-refractivity contribution in [3.63, 3.8) is 0 Å². The molecule has 1 aliphatic rings. The van der Waals surface area contributed by atoms with Crippen molar-refractivity contribution in [1.29, 1.82) is 0 Å². The molecule has 1 fully saturated rings. The zero-order valence-electron chi connectivity index (χ0n) is 13.2. The first-order valence-corrected chi connectivity index (χ1v) is 7.41. The Morgan fingerprint density at radius 2 is 2.17 bits per heavy atom. The summed E-state index contributed by atoms with van der Waals surface area (Å²) in [7, 11) is 0. The van der Waals surface area contributed by atoms with Crippen LogP contribution in [-0.4, -0.2) is 53.9 Å². The lowest BCUT2D eigenvalue weighted by atomic mass is 10.2. The average molecular weight is 363 g/mol. The molecule has 0 saturated carbocycles. The predicted octanol–water partition coefficient (Wildman–Crippen LogP) is 1.26. The van der Waals surface area contributed by atoms with Gasteiger partial charge in [0.1, 0.15) is 5.69 Å². The summed E-state index contributed by atoms with van der Waals surface area (Å²) < 4.78 is 0. The lowest BCUT2D eigenvalue weighted by molar-refractivity contribution is -0.132. The third kappa shape index (κ3) is 6.33. The smallest absolute Gasteiger partial charge is 0.270 e. The third-order valence-corrected chi connectivity index (χ3v) is 3.56. The number of hydrogen-bond donors (Lipinski definition) is 2. The van der Waals surface area contributed by atoms with Crippen molar-refractivity contribution >= 4 is 36.6 Å². The van der Waals surface area contributed by atoms with Crippen molar-refractivity contribution < 1.29 is 9.59 Å². The fourth-order valence-corrected chi connectivity index (χ4v) is 2.50. The maximum Gasteiger partial charge on any atom is 0.270 e. The molecule has 0 bridgehead atoms. The van der Waals surface area contributed by atoms with Crippen molar-refractivity contribution in [1.82, 2.24) is 20.5 Å². The van der Waals surface area contributed by atoms with Gasteiger partial charge in [-0.25, -0.2) is 0 Å². The second kappa shape index (κ2) is 11.2. The number of nitrogens with zero attached hydrogens (tertiary/aromatic N) is 2. The van der Waals surface area contributed by atoms with Crippen LogP contribution in [0.2, 0.25) is 0 Å². The zero-order valence-corrected chi connectivity index (χ0v) is 14.8. The molecule has 130 valence electrons. The van der Waals surface area contributed by atoms with E-state index in [0.29, 0.717) is 5.69 Å². The zero-order chi connectivity index (χ0) is 15.1. The van der Waals surface area contributed by atoms with Crippen molar-refractivity contribution in [3.05, 3.63) is 30.1 Å². The summed E-state index contributed by atoms with van der Waals surface area (Å²) in [5.74, 6) is -0.347. The molecular weight excluding hydrogens is 339 g/mol. The SMILES string of the molecule is CCCN(C(=O)CNC(=O)c1ccccn1)C1CCNC1.Cl.Cl. The molecule has 6 nitrogen and oxygen atoms in total. The van der Waals surface area contributed by atoms with Crippen LogP contribution in [0.5, 0.6) is 0 Å². The van der Waals surface area contributed by atoms with Crippen molar-refractivity contribution in [2.24, 2.45) is 0 Å². The van der Waals surface area contributed by atoms with Crippen molar-refractivity contribution in [2.45, 2.75) is 25.8 Å². The number of rotatable bonds is 6. The number of amides is 2. The molecule has 2 amide bonds. The molecule has 2 heterocycles. The first-order chi connectivity index (χ1) is 10.2. The molecule has 1 aliphatic heterocycles. The fourth-order valence-electron chi connectivity index (χ4n) is 2.50.